The smallest absolute Gasteiger partial charge is 0.251 e. The van der Waals surface area contributed by atoms with Crippen LogP contribution in [0.1, 0.15) is 44.1 Å². The van der Waals surface area contributed by atoms with Gasteiger partial charge in [-0.05, 0) is 88.4 Å². The lowest BCUT2D eigenvalue weighted by atomic mass is 10.1. The minimum absolute atomic E-state index is 0.216. The number of hydrogen-bond acceptors (Lipinski definition) is 7. The minimum atomic E-state index is -1.17. The SMILES string of the molecule is Cc1ccc(-c2nnn(CC(=O)N(c3ccc(F)cc3)[C@@H](C(=O)NC(C)(C)C)c3ccc(C)o3)n2)o1. The molecule has 0 aliphatic carbocycles. The lowest BCUT2D eigenvalue weighted by molar-refractivity contribution is -0.128. The van der Waals surface area contributed by atoms with E-state index in [1.165, 1.54) is 29.2 Å². The number of amides is 2. The van der Waals surface area contributed by atoms with E-state index in [9.17, 15) is 14.0 Å². The summed E-state index contributed by atoms with van der Waals surface area (Å²) in [5.41, 5.74) is -0.288. The Labute approximate surface area is 207 Å². The van der Waals surface area contributed by atoms with E-state index in [2.05, 4.69) is 20.7 Å². The van der Waals surface area contributed by atoms with Crippen LogP contribution in [0.2, 0.25) is 0 Å². The summed E-state index contributed by atoms with van der Waals surface area (Å²) in [7, 11) is 0. The minimum Gasteiger partial charge on any atom is -0.464 e. The molecule has 0 aliphatic rings. The molecule has 1 aromatic carbocycles. The van der Waals surface area contributed by atoms with Crippen LogP contribution >= 0.6 is 0 Å². The third-order valence-corrected chi connectivity index (χ3v) is 5.10. The van der Waals surface area contributed by atoms with Crippen LogP contribution in [-0.4, -0.2) is 37.6 Å². The number of tetrazole rings is 1. The van der Waals surface area contributed by atoms with E-state index in [4.69, 9.17) is 8.83 Å². The first-order chi connectivity index (χ1) is 17.0. The van der Waals surface area contributed by atoms with Crippen molar-refractivity contribution < 1.29 is 22.8 Å². The second-order valence-electron chi connectivity index (χ2n) is 9.38. The molecule has 36 heavy (non-hydrogen) atoms. The first-order valence-corrected chi connectivity index (χ1v) is 11.3. The maximum absolute atomic E-state index is 13.7. The van der Waals surface area contributed by atoms with Crippen LogP contribution in [-0.2, 0) is 16.1 Å². The predicted octanol–water partition coefficient (Wildman–Crippen LogP) is 3.97. The molecular weight excluding hydrogens is 467 g/mol. The molecule has 4 rings (SSSR count). The van der Waals surface area contributed by atoms with Crippen LogP contribution in [0.15, 0.2) is 57.4 Å². The van der Waals surface area contributed by atoms with Crippen LogP contribution in [0, 0.1) is 19.7 Å². The highest BCUT2D eigenvalue weighted by Crippen LogP contribution is 2.30. The van der Waals surface area contributed by atoms with Crippen molar-refractivity contribution in [2.75, 3.05) is 4.90 Å². The Morgan fingerprint density at radius 1 is 1.03 bits per heavy atom. The highest BCUT2D eigenvalue weighted by atomic mass is 19.1. The molecule has 3 heterocycles. The first-order valence-electron chi connectivity index (χ1n) is 11.3. The van der Waals surface area contributed by atoms with Gasteiger partial charge >= 0.3 is 0 Å². The van der Waals surface area contributed by atoms with Crippen molar-refractivity contribution in [3.8, 4) is 11.6 Å². The Bertz CT molecular complexity index is 1370. The quantitative estimate of drug-likeness (QED) is 0.413. The Kier molecular flexibility index (Phi) is 6.73. The van der Waals surface area contributed by atoms with Crippen LogP contribution in [0.5, 0.6) is 0 Å². The molecule has 0 bridgehead atoms. The summed E-state index contributed by atoms with van der Waals surface area (Å²) < 4.78 is 25.0. The fourth-order valence-corrected chi connectivity index (χ4v) is 3.61. The molecule has 0 saturated carbocycles. The van der Waals surface area contributed by atoms with Gasteiger partial charge in [-0.2, -0.15) is 4.80 Å². The van der Waals surface area contributed by atoms with Gasteiger partial charge in [0.15, 0.2) is 11.8 Å². The highest BCUT2D eigenvalue weighted by molar-refractivity contribution is 6.01. The van der Waals surface area contributed by atoms with E-state index in [1.54, 1.807) is 38.1 Å². The third kappa shape index (κ3) is 5.68. The average Bonchev–Trinajstić information content (AvgIpc) is 3.53. The van der Waals surface area contributed by atoms with Gasteiger partial charge in [-0.1, -0.05) is 0 Å². The molecule has 4 aromatic rings. The molecule has 0 aliphatic heterocycles. The molecule has 1 atom stereocenters. The van der Waals surface area contributed by atoms with Crippen LogP contribution in [0.25, 0.3) is 11.6 Å². The van der Waals surface area contributed by atoms with Crippen molar-refractivity contribution in [1.29, 1.82) is 0 Å². The number of anilines is 1. The molecule has 188 valence electrons. The number of furan rings is 2. The van der Waals surface area contributed by atoms with Gasteiger partial charge in [0.2, 0.25) is 5.82 Å². The van der Waals surface area contributed by atoms with Crippen molar-refractivity contribution >= 4 is 17.5 Å². The van der Waals surface area contributed by atoms with Gasteiger partial charge in [0.25, 0.3) is 11.8 Å². The summed E-state index contributed by atoms with van der Waals surface area (Å²) in [4.78, 5) is 29.6. The molecule has 0 radical (unpaired) electrons. The Hall–Kier alpha value is -4.28. The molecule has 0 fully saturated rings. The number of rotatable bonds is 7. The summed E-state index contributed by atoms with van der Waals surface area (Å²) in [6.07, 6.45) is 0. The lowest BCUT2D eigenvalue weighted by Gasteiger charge is -2.32. The Balaban J connectivity index is 1.72. The van der Waals surface area contributed by atoms with E-state index >= 15 is 0 Å². The zero-order valence-electron chi connectivity index (χ0n) is 20.7. The number of hydrogen-bond donors (Lipinski definition) is 1. The van der Waals surface area contributed by atoms with E-state index in [-0.39, 0.29) is 18.1 Å². The zero-order chi connectivity index (χ0) is 26.0. The number of nitrogens with zero attached hydrogens (tertiary/aromatic N) is 5. The first kappa shape index (κ1) is 24.8. The number of aryl methyl sites for hydroxylation is 2. The second-order valence-corrected chi connectivity index (χ2v) is 9.38. The van der Waals surface area contributed by atoms with E-state index < -0.39 is 29.2 Å². The summed E-state index contributed by atoms with van der Waals surface area (Å²) in [6, 6.07) is 10.9. The molecule has 0 unspecified atom stereocenters. The van der Waals surface area contributed by atoms with Gasteiger partial charge in [-0.15, -0.1) is 10.2 Å². The average molecular weight is 495 g/mol. The fourth-order valence-electron chi connectivity index (χ4n) is 3.61. The Morgan fingerprint density at radius 3 is 2.28 bits per heavy atom. The summed E-state index contributed by atoms with van der Waals surface area (Å²) in [5, 5.41) is 15.1. The number of aromatic nitrogens is 4. The molecule has 10 nitrogen and oxygen atoms in total. The van der Waals surface area contributed by atoms with Gasteiger partial charge in [0, 0.05) is 11.2 Å². The van der Waals surface area contributed by atoms with E-state index in [1.807, 2.05) is 20.8 Å². The normalized spacial score (nSPS) is 12.4. The maximum atomic E-state index is 13.7. The summed E-state index contributed by atoms with van der Waals surface area (Å²) >= 11 is 0. The lowest BCUT2D eigenvalue weighted by Crippen LogP contribution is -2.50. The van der Waals surface area contributed by atoms with Crippen LogP contribution in [0.3, 0.4) is 0 Å². The fraction of sp³-hybridized carbons (Fsp3) is 0.320. The second kappa shape index (κ2) is 9.76. The van der Waals surface area contributed by atoms with Crippen molar-refractivity contribution in [1.82, 2.24) is 25.5 Å². The number of halogens is 1. The zero-order valence-corrected chi connectivity index (χ0v) is 20.7. The molecule has 0 spiro atoms. The standard InChI is InChI=1S/C25H27FN6O4/c1-15-6-12-19(35-15)22(24(34)27-25(3,4)5)32(18-10-8-17(26)9-11-18)21(33)14-31-29-23(28-30-31)20-13-7-16(2)36-20/h6-13,22H,14H2,1-5H3,(H,27,34)/t22-/m1/s1. The molecule has 2 amide bonds. The predicted molar refractivity (Wildman–Crippen MR) is 128 cm³/mol. The molecular formula is C25H27FN6O4. The van der Waals surface area contributed by atoms with Crippen molar-refractivity contribution in [2.24, 2.45) is 0 Å². The van der Waals surface area contributed by atoms with Gasteiger partial charge in [-0.25, -0.2) is 4.39 Å². The number of carbonyl (C=O) groups excluding carboxylic acids is 2. The summed E-state index contributed by atoms with van der Waals surface area (Å²) in [5.74, 6) is 0.653. The van der Waals surface area contributed by atoms with Crippen LogP contribution < -0.4 is 10.2 Å². The van der Waals surface area contributed by atoms with E-state index in [0.717, 1.165) is 4.80 Å². The molecule has 3 aromatic heterocycles. The monoisotopic (exact) mass is 494 g/mol. The van der Waals surface area contributed by atoms with Gasteiger partial charge in [0.05, 0.1) is 0 Å². The number of benzene rings is 1. The molecule has 0 saturated heterocycles. The maximum Gasteiger partial charge on any atom is 0.251 e. The number of nitrogens with one attached hydrogen (secondary N) is 1. The van der Waals surface area contributed by atoms with Crippen molar-refractivity contribution in [3.05, 3.63) is 71.6 Å². The largest absolute Gasteiger partial charge is 0.464 e. The highest BCUT2D eigenvalue weighted by Gasteiger charge is 2.37. The van der Waals surface area contributed by atoms with Gasteiger partial charge < -0.3 is 14.2 Å². The van der Waals surface area contributed by atoms with Crippen LogP contribution in [0.4, 0.5) is 10.1 Å². The third-order valence-electron chi connectivity index (χ3n) is 5.10. The van der Waals surface area contributed by atoms with E-state index in [0.29, 0.717) is 23.0 Å². The number of carbonyl (C=O) groups is 2. The molecule has 1 N–H and O–H groups in total. The van der Waals surface area contributed by atoms with Crippen molar-refractivity contribution in [3.63, 3.8) is 0 Å². The van der Waals surface area contributed by atoms with Gasteiger partial charge in [0.1, 0.15) is 29.6 Å². The molecule has 11 heteroatoms. The van der Waals surface area contributed by atoms with Crippen molar-refractivity contribution in [2.45, 2.75) is 52.7 Å². The topological polar surface area (TPSA) is 119 Å². The van der Waals surface area contributed by atoms with Gasteiger partial charge in [-0.3, -0.25) is 14.5 Å². The Morgan fingerprint density at radius 2 is 1.69 bits per heavy atom. The summed E-state index contributed by atoms with van der Waals surface area (Å²) in [6.45, 7) is 8.67.